The maximum absolute atomic E-state index is 9.12. The summed E-state index contributed by atoms with van der Waals surface area (Å²) in [6.07, 6.45) is -0.667. The van der Waals surface area contributed by atoms with Crippen molar-refractivity contribution >= 4 is 5.97 Å². The molecule has 0 bridgehead atoms. The van der Waals surface area contributed by atoms with Crippen LogP contribution >= 0.6 is 0 Å². The monoisotopic (exact) mass is 412 g/mol. The van der Waals surface area contributed by atoms with Crippen LogP contribution in [0.1, 0.15) is 55.4 Å². The first-order valence-corrected chi connectivity index (χ1v) is 6.75. The maximum Gasteiger partial charge on any atom is 0.329 e. The fraction of sp³-hybridized carbons (Fsp3) is 0.929. The van der Waals surface area contributed by atoms with Crippen molar-refractivity contribution in [1.82, 2.24) is 0 Å². The Kier molecular flexibility index (Phi) is 73.0. The third kappa shape index (κ3) is 1340. The first kappa shape index (κ1) is 43.8. The smallest absolute Gasteiger partial charge is 0.329 e. The summed E-state index contributed by atoms with van der Waals surface area (Å²) in [5.74, 6) is -1.19. The third-order valence-electron chi connectivity index (χ3n) is 0.135. The van der Waals surface area contributed by atoms with Gasteiger partial charge in [-0.05, 0) is 55.4 Å². The van der Waals surface area contributed by atoms with Gasteiger partial charge in [-0.1, -0.05) is 0 Å². The number of aliphatic hydroxyl groups excluding tert-OH is 5. The van der Waals surface area contributed by atoms with Crippen molar-refractivity contribution < 1.29 is 78.9 Å². The Morgan fingerprint density at radius 3 is 0.696 bits per heavy atom. The van der Waals surface area contributed by atoms with Crippen molar-refractivity contribution in [2.75, 3.05) is 6.61 Å². The van der Waals surface area contributed by atoms with Crippen LogP contribution in [0.15, 0.2) is 0 Å². The van der Waals surface area contributed by atoms with Gasteiger partial charge in [0, 0.05) is 67.9 Å². The van der Waals surface area contributed by atoms with Crippen LogP contribution < -0.4 is 0 Å². The molecule has 0 unspecified atom stereocenters. The van der Waals surface area contributed by atoms with Crippen LogP contribution in [-0.2, 0) is 48.2 Å². The van der Waals surface area contributed by atoms with E-state index in [1.807, 2.05) is 0 Å². The van der Waals surface area contributed by atoms with Gasteiger partial charge in [-0.2, -0.15) is 0 Å². The maximum atomic E-state index is 9.12. The van der Waals surface area contributed by atoms with Gasteiger partial charge in [-0.3, -0.25) is 0 Å². The quantitative estimate of drug-likeness (QED) is 0.347. The molecule has 0 rings (SSSR count). The molecule has 0 heterocycles. The van der Waals surface area contributed by atoms with Gasteiger partial charge in [0.1, 0.15) is 6.61 Å². The van der Waals surface area contributed by atoms with Gasteiger partial charge in [-0.25, -0.2) is 4.79 Å². The van der Waals surface area contributed by atoms with E-state index in [0.717, 1.165) is 0 Å². The first-order valence-electron chi connectivity index (χ1n) is 6.75. The zero-order valence-corrected chi connectivity index (χ0v) is 18.7. The summed E-state index contributed by atoms with van der Waals surface area (Å²) in [6.45, 7) is 13.0. The fourth-order valence-corrected chi connectivity index (χ4v) is 0. The van der Waals surface area contributed by atoms with E-state index in [9.17, 15) is 0 Å². The minimum Gasteiger partial charge on any atom is -0.480 e. The number of aliphatic hydroxyl groups is 5. The zero-order chi connectivity index (χ0) is 18.6. The van der Waals surface area contributed by atoms with Gasteiger partial charge in [0.15, 0.2) is 0 Å². The van der Waals surface area contributed by atoms with Gasteiger partial charge in [-0.15, -0.1) is 0 Å². The SMILES string of the molecule is CC(C)O.CC(C)O.CC(C)O.CC(C)O.O=C(O)CO.[Ti].[Ti]. The van der Waals surface area contributed by atoms with Gasteiger partial charge >= 0.3 is 5.97 Å². The van der Waals surface area contributed by atoms with Crippen molar-refractivity contribution in [3.8, 4) is 0 Å². The number of carboxylic acids is 1. The Balaban J connectivity index is -0.0000000273. The average molecular weight is 412 g/mol. The summed E-state index contributed by atoms with van der Waals surface area (Å²) in [6, 6.07) is 0. The van der Waals surface area contributed by atoms with E-state index in [-0.39, 0.29) is 67.9 Å². The topological polar surface area (TPSA) is 138 Å². The molecule has 0 aliphatic heterocycles. The van der Waals surface area contributed by atoms with Crippen molar-refractivity contribution in [2.45, 2.75) is 79.8 Å². The van der Waals surface area contributed by atoms with Crippen molar-refractivity contribution in [3.63, 3.8) is 0 Å². The molecule has 0 aromatic rings. The first-order chi connectivity index (χ1) is 9.20. The summed E-state index contributed by atoms with van der Waals surface area (Å²) in [4.78, 5) is 9.12. The summed E-state index contributed by atoms with van der Waals surface area (Å²) in [5, 5.41) is 47.2. The Hall–Kier alpha value is 0.699. The predicted octanol–water partition coefficient (Wildman–Crippen LogP) is 0.607. The zero-order valence-electron chi connectivity index (χ0n) is 15.6. The molecule has 142 valence electrons. The minimum absolute atomic E-state index is 0. The standard InChI is InChI=1S/4C3H8O.C2H4O3.2Ti/c4*1-3(2)4;3-1-2(4)5;;/h4*3-4H,1-2H3;3H,1H2,(H,4,5);;. The van der Waals surface area contributed by atoms with Crippen LogP contribution in [-0.4, -0.2) is 67.6 Å². The van der Waals surface area contributed by atoms with Gasteiger partial charge < -0.3 is 30.6 Å². The molecule has 0 amide bonds. The van der Waals surface area contributed by atoms with E-state index >= 15 is 0 Å². The Morgan fingerprint density at radius 1 is 0.652 bits per heavy atom. The number of carbonyl (C=O) groups is 1. The van der Waals surface area contributed by atoms with E-state index in [1.54, 1.807) is 55.4 Å². The Bertz CT molecular complexity index is 143. The van der Waals surface area contributed by atoms with Crippen LogP contribution in [0.3, 0.4) is 0 Å². The number of carboxylic acid groups (broad SMARTS) is 1. The van der Waals surface area contributed by atoms with Crippen LogP contribution in [0, 0.1) is 0 Å². The molecule has 0 aromatic carbocycles. The van der Waals surface area contributed by atoms with Crippen molar-refractivity contribution in [1.29, 1.82) is 0 Å². The number of aliphatic carboxylic acids is 1. The van der Waals surface area contributed by atoms with E-state index < -0.39 is 12.6 Å². The predicted molar refractivity (Wildman–Crippen MR) is 84.1 cm³/mol. The largest absolute Gasteiger partial charge is 0.480 e. The third-order valence-corrected chi connectivity index (χ3v) is 0.135. The molecule has 0 fully saturated rings. The van der Waals surface area contributed by atoms with Crippen molar-refractivity contribution in [2.24, 2.45) is 0 Å². The van der Waals surface area contributed by atoms with Crippen LogP contribution in [0.5, 0.6) is 0 Å². The second-order valence-corrected chi connectivity index (χ2v) is 4.93. The van der Waals surface area contributed by atoms with Crippen molar-refractivity contribution in [3.05, 3.63) is 0 Å². The molecule has 6 N–H and O–H groups in total. The molecule has 0 atom stereocenters. The molecule has 9 heteroatoms. The van der Waals surface area contributed by atoms with E-state index in [1.165, 1.54) is 0 Å². The molecule has 0 radical (unpaired) electrons. The Morgan fingerprint density at radius 2 is 0.696 bits per heavy atom. The summed E-state index contributed by atoms with van der Waals surface area (Å²) < 4.78 is 0. The number of hydrogen-bond acceptors (Lipinski definition) is 6. The molecule has 0 saturated heterocycles. The number of hydrogen-bond donors (Lipinski definition) is 6. The second-order valence-electron chi connectivity index (χ2n) is 4.93. The molecule has 7 nitrogen and oxygen atoms in total. The van der Waals surface area contributed by atoms with E-state index in [2.05, 4.69) is 0 Å². The van der Waals surface area contributed by atoms with Gasteiger partial charge in [0.05, 0.1) is 0 Å². The summed E-state index contributed by atoms with van der Waals surface area (Å²) >= 11 is 0. The molecular formula is C14H36O7Ti2. The molecule has 0 aliphatic carbocycles. The summed E-state index contributed by atoms with van der Waals surface area (Å²) in [5.41, 5.74) is 0. The van der Waals surface area contributed by atoms with Gasteiger partial charge in [0.2, 0.25) is 0 Å². The van der Waals surface area contributed by atoms with Gasteiger partial charge in [0.25, 0.3) is 0 Å². The second kappa shape index (κ2) is 38.3. The van der Waals surface area contributed by atoms with Crippen LogP contribution in [0.25, 0.3) is 0 Å². The normalized spacial score (nSPS) is 7.87. The fourth-order valence-electron chi connectivity index (χ4n) is 0. The van der Waals surface area contributed by atoms with Crippen LogP contribution in [0.2, 0.25) is 0 Å². The molecule has 0 aromatic heterocycles. The summed E-state index contributed by atoms with van der Waals surface area (Å²) in [7, 11) is 0. The Labute approximate surface area is 170 Å². The van der Waals surface area contributed by atoms with E-state index in [4.69, 9.17) is 35.4 Å². The molecule has 23 heavy (non-hydrogen) atoms. The average Bonchev–Trinajstić information content (AvgIpc) is 2.13. The molecule has 0 aliphatic rings. The van der Waals surface area contributed by atoms with E-state index in [0.29, 0.717) is 0 Å². The number of rotatable bonds is 1. The minimum atomic E-state index is -1.19. The molecule has 0 saturated carbocycles. The molecular weight excluding hydrogens is 376 g/mol. The van der Waals surface area contributed by atoms with Crippen LogP contribution in [0.4, 0.5) is 0 Å². The molecule has 0 spiro atoms.